The van der Waals surface area contributed by atoms with Crippen molar-refractivity contribution in [2.24, 2.45) is 52.3 Å². The molecular weight excluding hydrogens is 560 g/mol. The summed E-state index contributed by atoms with van der Waals surface area (Å²) in [6.45, 7) is 15.6. The molecule has 2 spiro atoms. The summed E-state index contributed by atoms with van der Waals surface area (Å²) in [6, 6.07) is 7.72. The number of halogens is 1. The van der Waals surface area contributed by atoms with Crippen LogP contribution in [-0.2, 0) is 24.0 Å². The van der Waals surface area contributed by atoms with Gasteiger partial charge in [-0.15, -0.1) is 0 Å². The van der Waals surface area contributed by atoms with Gasteiger partial charge in [0.2, 0.25) is 5.79 Å². The van der Waals surface area contributed by atoms with E-state index in [0.29, 0.717) is 52.2 Å². The van der Waals surface area contributed by atoms with E-state index in [1.165, 1.54) is 38.5 Å². The van der Waals surface area contributed by atoms with Crippen molar-refractivity contribution < 1.29 is 24.0 Å². The van der Waals surface area contributed by atoms with Crippen LogP contribution in [0.5, 0.6) is 0 Å². The van der Waals surface area contributed by atoms with Crippen LogP contribution < -0.4 is 0 Å². The predicted molar refractivity (Wildman–Crippen MR) is 167 cm³/mol. The Morgan fingerprint density at radius 1 is 0.884 bits per heavy atom. The molecule has 1 aromatic carbocycles. The fourth-order valence-electron chi connectivity index (χ4n) is 11.9. The molecule has 236 valence electrons. The van der Waals surface area contributed by atoms with E-state index in [2.05, 4.69) is 34.3 Å². The van der Waals surface area contributed by atoms with Gasteiger partial charge >= 0.3 is 0 Å². The lowest BCUT2D eigenvalue weighted by Crippen LogP contribution is -2.58. The molecule has 3 heterocycles. The highest BCUT2D eigenvalue weighted by atomic mass is 35.5. The van der Waals surface area contributed by atoms with Crippen molar-refractivity contribution in [1.82, 2.24) is 0 Å². The summed E-state index contributed by atoms with van der Waals surface area (Å²) in [5.41, 5.74) is 2.57. The lowest BCUT2D eigenvalue weighted by atomic mass is 9.44. The van der Waals surface area contributed by atoms with E-state index in [4.69, 9.17) is 35.6 Å². The lowest BCUT2D eigenvalue weighted by molar-refractivity contribution is -0.489. The molecular formula is C37H51ClO5. The molecule has 7 aliphatic rings. The number of hydrogen-bond donors (Lipinski definition) is 0. The molecule has 0 N–H and O–H groups in total. The van der Waals surface area contributed by atoms with E-state index in [1.807, 2.05) is 24.3 Å². The minimum Gasteiger partial charge on any atom is -0.349 e. The Bertz CT molecular complexity index is 1230. The molecule has 0 radical (unpaired) electrons. The van der Waals surface area contributed by atoms with Crippen molar-refractivity contribution in [2.45, 2.75) is 116 Å². The van der Waals surface area contributed by atoms with Gasteiger partial charge in [0, 0.05) is 30.2 Å². The summed E-state index contributed by atoms with van der Waals surface area (Å²) in [4.78, 5) is 12.2. The molecule has 4 aliphatic carbocycles. The van der Waals surface area contributed by atoms with E-state index in [9.17, 15) is 0 Å². The maximum Gasteiger partial charge on any atom is 0.202 e. The molecule has 7 fully saturated rings. The van der Waals surface area contributed by atoms with Crippen molar-refractivity contribution in [3.63, 3.8) is 0 Å². The third-order valence-corrected chi connectivity index (χ3v) is 14.6. The molecule has 8 rings (SSSR count). The van der Waals surface area contributed by atoms with Crippen LogP contribution in [0.1, 0.15) is 97.5 Å². The number of benzene rings is 1. The van der Waals surface area contributed by atoms with Gasteiger partial charge in [-0.25, -0.2) is 9.78 Å². The van der Waals surface area contributed by atoms with Gasteiger partial charge in [0.05, 0.1) is 19.3 Å². The van der Waals surface area contributed by atoms with E-state index >= 15 is 0 Å². The second kappa shape index (κ2) is 10.3. The highest BCUT2D eigenvalue weighted by Crippen LogP contribution is 2.72. The fraction of sp³-hybridized carbons (Fsp3) is 0.784. The van der Waals surface area contributed by atoms with Crippen molar-refractivity contribution in [3.8, 4) is 0 Å². The van der Waals surface area contributed by atoms with Crippen molar-refractivity contribution in [2.75, 3.05) is 13.2 Å². The van der Waals surface area contributed by atoms with Gasteiger partial charge in [0.25, 0.3) is 0 Å². The van der Waals surface area contributed by atoms with E-state index in [1.54, 1.807) is 0 Å². The second-order valence-corrected chi connectivity index (χ2v) is 16.7. The standard InChI is InChI=1S/C37H51ClO5/c1-22-12-15-37(40-20-22)24(3)33-31(41-37)18-30-28-11-8-26-19-36(17-16-34(26,4)29(28)13-14-35(30,33)5)39-21-32(42-43-36)23(2)25-6-9-27(38)10-7-25/h6-7,9-10,22,24,26,28-33H,2,8,11-21H2,1,3-5H3/t22-,24+,26?,28?,29?,30?,31?,32?,33?,34+,35+,36?,37?/m1/s1. The van der Waals surface area contributed by atoms with Gasteiger partial charge in [-0.3, -0.25) is 0 Å². The Balaban J connectivity index is 0.939. The molecule has 4 saturated carbocycles. The fourth-order valence-corrected chi connectivity index (χ4v) is 12.0. The van der Waals surface area contributed by atoms with Gasteiger partial charge in [-0.05, 0) is 115 Å². The molecule has 43 heavy (non-hydrogen) atoms. The van der Waals surface area contributed by atoms with Crippen LogP contribution in [0.15, 0.2) is 30.8 Å². The molecule has 0 aromatic heterocycles. The normalized spacial score (nSPS) is 52.3. The maximum absolute atomic E-state index is 7.00. The Hall–Kier alpha value is -0.950. The summed E-state index contributed by atoms with van der Waals surface area (Å²) >= 11 is 6.08. The molecule has 6 heteroatoms. The third-order valence-electron chi connectivity index (χ3n) is 14.4. The van der Waals surface area contributed by atoms with Crippen LogP contribution in [0.25, 0.3) is 5.57 Å². The quantitative estimate of drug-likeness (QED) is 0.313. The average Bonchev–Trinajstić information content (AvgIpc) is 3.45. The zero-order valence-electron chi connectivity index (χ0n) is 26.6. The topological polar surface area (TPSA) is 46.2 Å². The Labute approximate surface area is 263 Å². The Morgan fingerprint density at radius 3 is 2.42 bits per heavy atom. The zero-order chi connectivity index (χ0) is 29.8. The first-order valence-corrected chi connectivity index (χ1v) is 17.7. The maximum atomic E-state index is 7.00. The van der Waals surface area contributed by atoms with Crippen LogP contribution >= 0.6 is 11.6 Å². The zero-order valence-corrected chi connectivity index (χ0v) is 27.4. The van der Waals surface area contributed by atoms with Crippen molar-refractivity contribution in [1.29, 1.82) is 0 Å². The number of ether oxygens (including phenoxy) is 3. The van der Waals surface area contributed by atoms with Gasteiger partial charge in [0.1, 0.15) is 6.10 Å². The van der Waals surface area contributed by atoms with Gasteiger partial charge in [0.15, 0.2) is 5.79 Å². The Morgan fingerprint density at radius 2 is 1.70 bits per heavy atom. The Kier molecular flexibility index (Phi) is 7.04. The predicted octanol–water partition coefficient (Wildman–Crippen LogP) is 8.84. The largest absolute Gasteiger partial charge is 0.349 e. The molecule has 0 amide bonds. The van der Waals surface area contributed by atoms with Crippen LogP contribution in [0.2, 0.25) is 5.02 Å². The first-order chi connectivity index (χ1) is 20.6. The molecule has 3 aliphatic heterocycles. The smallest absolute Gasteiger partial charge is 0.202 e. The van der Waals surface area contributed by atoms with Crippen LogP contribution in [0.4, 0.5) is 0 Å². The second-order valence-electron chi connectivity index (χ2n) is 16.3. The summed E-state index contributed by atoms with van der Waals surface area (Å²) in [7, 11) is 0. The first-order valence-electron chi connectivity index (χ1n) is 17.3. The monoisotopic (exact) mass is 610 g/mol. The van der Waals surface area contributed by atoms with E-state index in [-0.39, 0.29) is 11.9 Å². The SMILES string of the molecule is C=C(c1ccc(Cl)cc1)C1COC2(CC[C@@]3(C)C(CCC4C3CC[C@@]3(C)C4CC4OC5(CC[C@@H](C)CO5)[C@@H](C)C43)C2)OO1. The van der Waals surface area contributed by atoms with E-state index < -0.39 is 5.79 Å². The molecule has 0 bridgehead atoms. The molecule has 3 saturated heterocycles. The highest BCUT2D eigenvalue weighted by Gasteiger charge is 2.69. The summed E-state index contributed by atoms with van der Waals surface area (Å²) < 4.78 is 20.1. The van der Waals surface area contributed by atoms with Crippen LogP contribution in [0.3, 0.4) is 0 Å². The van der Waals surface area contributed by atoms with Crippen LogP contribution in [0, 0.1) is 52.3 Å². The number of rotatable bonds is 2. The number of hydrogen-bond acceptors (Lipinski definition) is 5. The summed E-state index contributed by atoms with van der Waals surface area (Å²) in [5, 5.41) is 0.714. The molecule has 13 atom stereocenters. The third kappa shape index (κ3) is 4.42. The summed E-state index contributed by atoms with van der Waals surface area (Å²) in [5.74, 6) is 3.76. The number of fused-ring (bicyclic) bond motifs is 7. The average molecular weight is 611 g/mol. The minimum absolute atomic E-state index is 0.306. The van der Waals surface area contributed by atoms with Crippen molar-refractivity contribution in [3.05, 3.63) is 41.4 Å². The van der Waals surface area contributed by atoms with E-state index in [0.717, 1.165) is 61.2 Å². The molecule has 5 nitrogen and oxygen atoms in total. The minimum atomic E-state index is -0.629. The summed E-state index contributed by atoms with van der Waals surface area (Å²) in [6.07, 6.45) is 11.8. The lowest BCUT2D eigenvalue weighted by Gasteiger charge is -2.62. The molecule has 1 aromatic rings. The van der Waals surface area contributed by atoms with Gasteiger partial charge in [-0.1, -0.05) is 58.0 Å². The van der Waals surface area contributed by atoms with Gasteiger partial charge in [-0.2, -0.15) is 0 Å². The highest BCUT2D eigenvalue weighted by molar-refractivity contribution is 6.30. The van der Waals surface area contributed by atoms with Crippen LogP contribution in [-0.4, -0.2) is 37.0 Å². The van der Waals surface area contributed by atoms with Gasteiger partial charge < -0.3 is 14.2 Å². The molecule has 9 unspecified atom stereocenters. The first kappa shape index (κ1) is 29.5. The van der Waals surface area contributed by atoms with Crippen molar-refractivity contribution >= 4 is 17.2 Å².